The molecule has 5 heteroatoms. The minimum absolute atomic E-state index is 0.161. The summed E-state index contributed by atoms with van der Waals surface area (Å²) in [5, 5.41) is 1.10. The van der Waals surface area contributed by atoms with Crippen molar-refractivity contribution in [3.05, 3.63) is 71.4 Å². The molecular weight excluding hydrogens is 386 g/mol. The quantitative estimate of drug-likeness (QED) is 0.680. The van der Waals surface area contributed by atoms with Crippen molar-refractivity contribution in [3.8, 4) is 0 Å². The minimum Gasteiger partial charge on any atom is -0.379 e. The first kappa shape index (κ1) is 20.3. The van der Waals surface area contributed by atoms with E-state index in [0.717, 1.165) is 81.7 Å². The number of hydrogen-bond donors (Lipinski definition) is 1. The van der Waals surface area contributed by atoms with Crippen molar-refractivity contribution >= 4 is 16.8 Å². The summed E-state index contributed by atoms with van der Waals surface area (Å²) >= 11 is 0. The van der Waals surface area contributed by atoms with Crippen LogP contribution in [0.4, 0.5) is 0 Å². The highest BCUT2D eigenvalue weighted by Crippen LogP contribution is 2.24. The van der Waals surface area contributed by atoms with Crippen LogP contribution in [0.3, 0.4) is 0 Å². The zero-order chi connectivity index (χ0) is 21.0. The molecule has 2 saturated heterocycles. The van der Waals surface area contributed by atoms with Gasteiger partial charge in [-0.05, 0) is 60.6 Å². The SMILES string of the molecule is O=C(c1ccc2[nH]ccc2c1)N1CCC(Cc2ccc(CN3CCOCC3)cc2)CC1. The van der Waals surface area contributed by atoms with Crippen LogP contribution >= 0.6 is 0 Å². The van der Waals surface area contributed by atoms with Gasteiger partial charge < -0.3 is 14.6 Å². The number of carbonyl (C=O) groups is 1. The van der Waals surface area contributed by atoms with Gasteiger partial charge in [-0.1, -0.05) is 24.3 Å². The first-order valence-corrected chi connectivity index (χ1v) is 11.5. The summed E-state index contributed by atoms with van der Waals surface area (Å²) < 4.78 is 5.43. The fourth-order valence-corrected chi connectivity index (χ4v) is 4.84. The highest BCUT2D eigenvalue weighted by atomic mass is 16.5. The van der Waals surface area contributed by atoms with Gasteiger partial charge in [0.1, 0.15) is 0 Å². The van der Waals surface area contributed by atoms with Crippen molar-refractivity contribution in [3.63, 3.8) is 0 Å². The monoisotopic (exact) mass is 417 g/mol. The van der Waals surface area contributed by atoms with Crippen LogP contribution in [-0.2, 0) is 17.7 Å². The van der Waals surface area contributed by atoms with E-state index < -0.39 is 0 Å². The van der Waals surface area contributed by atoms with Crippen LogP contribution in [0.2, 0.25) is 0 Å². The Balaban J connectivity index is 1.12. The number of hydrogen-bond acceptors (Lipinski definition) is 3. The molecule has 1 amide bonds. The molecule has 2 aliphatic heterocycles. The van der Waals surface area contributed by atoms with E-state index in [4.69, 9.17) is 4.74 Å². The molecule has 5 nitrogen and oxygen atoms in total. The maximum atomic E-state index is 12.9. The molecule has 0 unspecified atom stereocenters. The van der Waals surface area contributed by atoms with Crippen LogP contribution in [0.1, 0.15) is 34.3 Å². The number of amides is 1. The molecule has 2 aromatic carbocycles. The maximum absolute atomic E-state index is 12.9. The predicted molar refractivity (Wildman–Crippen MR) is 123 cm³/mol. The van der Waals surface area contributed by atoms with Gasteiger partial charge in [-0.3, -0.25) is 9.69 Å². The van der Waals surface area contributed by atoms with Crippen molar-refractivity contribution in [2.75, 3.05) is 39.4 Å². The summed E-state index contributed by atoms with van der Waals surface area (Å²) in [6.45, 7) is 6.46. The second kappa shape index (κ2) is 9.25. The molecule has 3 heterocycles. The van der Waals surface area contributed by atoms with E-state index in [2.05, 4.69) is 34.1 Å². The third-order valence-corrected chi connectivity index (χ3v) is 6.76. The van der Waals surface area contributed by atoms with Crippen LogP contribution < -0.4 is 0 Å². The van der Waals surface area contributed by atoms with Crippen LogP contribution in [0.5, 0.6) is 0 Å². The number of ether oxygens (including phenoxy) is 1. The molecule has 0 radical (unpaired) electrons. The normalized spacial score (nSPS) is 18.5. The third-order valence-electron chi connectivity index (χ3n) is 6.76. The lowest BCUT2D eigenvalue weighted by Gasteiger charge is -2.32. The minimum atomic E-state index is 0.161. The van der Waals surface area contributed by atoms with Gasteiger partial charge in [-0.2, -0.15) is 0 Å². The number of H-pyrrole nitrogens is 1. The molecule has 3 aromatic rings. The molecule has 5 rings (SSSR count). The average molecular weight is 418 g/mol. The van der Waals surface area contributed by atoms with E-state index in [9.17, 15) is 4.79 Å². The van der Waals surface area contributed by atoms with Crippen molar-refractivity contribution < 1.29 is 9.53 Å². The van der Waals surface area contributed by atoms with E-state index in [1.165, 1.54) is 11.1 Å². The zero-order valence-corrected chi connectivity index (χ0v) is 18.1. The Morgan fingerprint density at radius 2 is 1.68 bits per heavy atom. The lowest BCUT2D eigenvalue weighted by Crippen LogP contribution is -2.38. The molecule has 0 aliphatic carbocycles. The predicted octanol–water partition coefficient (Wildman–Crippen LogP) is 4.10. The summed E-state index contributed by atoms with van der Waals surface area (Å²) in [6, 6.07) is 17.1. The fourth-order valence-electron chi connectivity index (χ4n) is 4.84. The third kappa shape index (κ3) is 4.83. The Bertz CT molecular complexity index is 1010. The molecule has 0 bridgehead atoms. The van der Waals surface area contributed by atoms with Crippen LogP contribution in [0.15, 0.2) is 54.7 Å². The van der Waals surface area contributed by atoms with Gasteiger partial charge in [-0.25, -0.2) is 0 Å². The highest BCUT2D eigenvalue weighted by molar-refractivity contribution is 5.98. The lowest BCUT2D eigenvalue weighted by molar-refractivity contribution is 0.0342. The van der Waals surface area contributed by atoms with Crippen molar-refractivity contribution in [1.82, 2.24) is 14.8 Å². The number of piperidine rings is 1. The molecular formula is C26H31N3O2. The molecule has 1 aromatic heterocycles. The van der Waals surface area contributed by atoms with E-state index in [1.807, 2.05) is 35.4 Å². The summed E-state index contributed by atoms with van der Waals surface area (Å²) in [5.74, 6) is 0.815. The Morgan fingerprint density at radius 3 is 2.45 bits per heavy atom. The number of nitrogens with one attached hydrogen (secondary N) is 1. The number of rotatable bonds is 5. The molecule has 162 valence electrons. The smallest absolute Gasteiger partial charge is 0.253 e. The first-order valence-electron chi connectivity index (χ1n) is 11.5. The molecule has 1 N–H and O–H groups in total. The first-order chi connectivity index (χ1) is 15.2. The van der Waals surface area contributed by atoms with Gasteiger partial charge in [0.05, 0.1) is 13.2 Å². The van der Waals surface area contributed by atoms with Crippen molar-refractivity contribution in [2.45, 2.75) is 25.8 Å². The van der Waals surface area contributed by atoms with E-state index in [1.54, 1.807) is 0 Å². The Hall–Kier alpha value is -2.63. The Morgan fingerprint density at radius 1 is 0.935 bits per heavy atom. The van der Waals surface area contributed by atoms with E-state index >= 15 is 0 Å². The molecule has 0 saturated carbocycles. The second-order valence-electron chi connectivity index (χ2n) is 8.92. The van der Waals surface area contributed by atoms with Crippen LogP contribution in [0.25, 0.3) is 10.9 Å². The van der Waals surface area contributed by atoms with Gasteiger partial charge in [0.25, 0.3) is 5.91 Å². The molecule has 31 heavy (non-hydrogen) atoms. The van der Waals surface area contributed by atoms with E-state index in [0.29, 0.717) is 5.92 Å². The van der Waals surface area contributed by atoms with Gasteiger partial charge >= 0.3 is 0 Å². The lowest BCUT2D eigenvalue weighted by atomic mass is 9.89. The molecule has 2 aliphatic rings. The fraction of sp³-hybridized carbons (Fsp3) is 0.423. The topological polar surface area (TPSA) is 48.6 Å². The second-order valence-corrected chi connectivity index (χ2v) is 8.92. The number of fused-ring (bicyclic) bond motifs is 1. The summed E-state index contributed by atoms with van der Waals surface area (Å²) in [4.78, 5) is 20.6. The number of morpholine rings is 1. The number of carbonyl (C=O) groups excluding carboxylic acids is 1. The maximum Gasteiger partial charge on any atom is 0.253 e. The summed E-state index contributed by atoms with van der Waals surface area (Å²) in [7, 11) is 0. The summed E-state index contributed by atoms with van der Waals surface area (Å²) in [5.41, 5.74) is 4.66. The number of aromatic amines is 1. The van der Waals surface area contributed by atoms with Gasteiger partial charge in [-0.15, -0.1) is 0 Å². The van der Waals surface area contributed by atoms with Crippen molar-refractivity contribution in [2.24, 2.45) is 5.92 Å². The molecule has 0 atom stereocenters. The number of nitrogens with zero attached hydrogens (tertiary/aromatic N) is 2. The van der Waals surface area contributed by atoms with Crippen LogP contribution in [0, 0.1) is 5.92 Å². The molecule has 0 spiro atoms. The highest BCUT2D eigenvalue weighted by Gasteiger charge is 2.24. The van der Waals surface area contributed by atoms with Crippen molar-refractivity contribution in [1.29, 1.82) is 0 Å². The largest absolute Gasteiger partial charge is 0.379 e. The Kier molecular flexibility index (Phi) is 6.05. The number of likely N-dealkylation sites (tertiary alicyclic amines) is 1. The number of aromatic nitrogens is 1. The van der Waals surface area contributed by atoms with E-state index in [-0.39, 0.29) is 5.91 Å². The average Bonchev–Trinajstić information content (AvgIpc) is 3.29. The standard InChI is InChI=1S/C26H31N3O2/c30-26(24-5-6-25-23(18-24)7-10-27-25)29-11-8-21(9-12-29)17-20-1-3-22(4-2-20)19-28-13-15-31-16-14-28/h1-7,10,18,21,27H,8-9,11-17,19H2. The van der Waals surface area contributed by atoms with Gasteiger partial charge in [0.15, 0.2) is 0 Å². The zero-order valence-electron chi connectivity index (χ0n) is 18.1. The molecule has 2 fully saturated rings. The van der Waals surface area contributed by atoms with Crippen LogP contribution in [-0.4, -0.2) is 60.1 Å². The summed E-state index contributed by atoms with van der Waals surface area (Å²) in [6.07, 6.45) is 5.18. The Labute approximate surface area is 184 Å². The van der Waals surface area contributed by atoms with Gasteiger partial charge in [0.2, 0.25) is 0 Å². The van der Waals surface area contributed by atoms with Gasteiger partial charge in [0, 0.05) is 55.4 Å². The number of benzene rings is 2.